The van der Waals surface area contributed by atoms with Gasteiger partial charge in [-0.25, -0.2) is 0 Å². The smallest absolute Gasteiger partial charge is 0.270 e. The van der Waals surface area contributed by atoms with Crippen LogP contribution < -0.4 is 15.1 Å². The van der Waals surface area contributed by atoms with Crippen LogP contribution in [0.25, 0.3) is 6.08 Å². The molecule has 4 rings (SSSR count). The van der Waals surface area contributed by atoms with Crippen LogP contribution in [0.15, 0.2) is 40.3 Å². The Kier molecular flexibility index (Phi) is 5.43. The Morgan fingerprint density at radius 1 is 1.14 bits per heavy atom. The van der Waals surface area contributed by atoms with E-state index >= 15 is 0 Å². The first-order valence-corrected chi connectivity index (χ1v) is 10.3. The Hall–Kier alpha value is -2.64. The highest BCUT2D eigenvalue weighted by Crippen LogP contribution is 2.30. The van der Waals surface area contributed by atoms with Gasteiger partial charge in [-0.2, -0.15) is 0 Å². The van der Waals surface area contributed by atoms with E-state index in [1.165, 1.54) is 17.4 Å². The second-order valence-corrected chi connectivity index (χ2v) is 7.86. The number of hydrogen-bond acceptors (Lipinski definition) is 5. The number of piperidine rings is 1. The lowest BCUT2D eigenvalue weighted by molar-refractivity contribution is -0.122. The maximum absolute atomic E-state index is 13.1. The molecular formula is C21H20ClN3O3S. The number of anilines is 2. The summed E-state index contributed by atoms with van der Waals surface area (Å²) in [6.07, 6.45) is 4.94. The van der Waals surface area contributed by atoms with E-state index in [2.05, 4.69) is 10.2 Å². The minimum Gasteiger partial charge on any atom is -0.441 e. The van der Waals surface area contributed by atoms with Gasteiger partial charge in [0.05, 0.1) is 5.69 Å². The molecule has 2 aromatic rings. The normalized spacial score (nSPS) is 19.1. The van der Waals surface area contributed by atoms with E-state index in [1.54, 1.807) is 31.2 Å². The third kappa shape index (κ3) is 3.80. The summed E-state index contributed by atoms with van der Waals surface area (Å²) in [6.45, 7) is 3.68. The number of nitrogens with zero attached hydrogens (tertiary/aromatic N) is 2. The molecule has 29 heavy (non-hydrogen) atoms. The molecule has 2 fully saturated rings. The summed E-state index contributed by atoms with van der Waals surface area (Å²) in [5.41, 5.74) is 1.19. The van der Waals surface area contributed by atoms with Crippen molar-refractivity contribution in [1.82, 2.24) is 5.32 Å². The Morgan fingerprint density at radius 3 is 2.66 bits per heavy atom. The van der Waals surface area contributed by atoms with E-state index in [0.717, 1.165) is 31.8 Å². The number of benzene rings is 1. The summed E-state index contributed by atoms with van der Waals surface area (Å²) < 4.78 is 5.88. The SMILES string of the molecule is Cc1c(Cl)cccc1N1C(=O)/C(=C/c2ccc(N3CCCCC3)o2)C(=O)NC1=S. The van der Waals surface area contributed by atoms with Gasteiger partial charge in [-0.3, -0.25) is 19.8 Å². The molecule has 2 saturated heterocycles. The Morgan fingerprint density at radius 2 is 1.90 bits per heavy atom. The standard InChI is InChI=1S/C21H20ClN3O3S/c1-13-16(22)6-5-7-17(13)25-20(27)15(19(26)23-21(25)29)12-14-8-9-18(28-14)24-10-3-2-4-11-24/h5-9,12H,2-4,10-11H2,1H3,(H,23,26,29)/b15-12+. The van der Waals surface area contributed by atoms with Gasteiger partial charge in [-0.15, -0.1) is 0 Å². The molecule has 0 atom stereocenters. The van der Waals surface area contributed by atoms with Gasteiger partial charge < -0.3 is 9.32 Å². The molecule has 3 heterocycles. The molecule has 0 aliphatic carbocycles. The van der Waals surface area contributed by atoms with E-state index in [1.807, 2.05) is 6.07 Å². The van der Waals surface area contributed by atoms with Crippen LogP contribution in [0, 0.1) is 6.92 Å². The molecular weight excluding hydrogens is 410 g/mol. The Bertz CT molecular complexity index is 1020. The van der Waals surface area contributed by atoms with Crippen molar-refractivity contribution >= 4 is 58.4 Å². The van der Waals surface area contributed by atoms with E-state index in [4.69, 9.17) is 28.2 Å². The van der Waals surface area contributed by atoms with Gasteiger partial charge in [0, 0.05) is 24.2 Å². The molecule has 0 saturated carbocycles. The van der Waals surface area contributed by atoms with E-state index < -0.39 is 11.8 Å². The second-order valence-electron chi connectivity index (χ2n) is 7.07. The number of nitrogens with one attached hydrogen (secondary N) is 1. The third-order valence-electron chi connectivity index (χ3n) is 5.15. The van der Waals surface area contributed by atoms with Gasteiger partial charge in [-0.05, 0) is 68.2 Å². The number of halogens is 1. The number of carbonyl (C=O) groups is 2. The summed E-state index contributed by atoms with van der Waals surface area (Å²) in [6, 6.07) is 8.84. The molecule has 0 bridgehead atoms. The minimum absolute atomic E-state index is 0.0240. The molecule has 2 aliphatic heterocycles. The van der Waals surface area contributed by atoms with Crippen LogP contribution in [0.3, 0.4) is 0 Å². The zero-order chi connectivity index (χ0) is 20.5. The molecule has 2 aliphatic rings. The van der Waals surface area contributed by atoms with Crippen LogP contribution >= 0.6 is 23.8 Å². The topological polar surface area (TPSA) is 65.8 Å². The van der Waals surface area contributed by atoms with Crippen molar-refractivity contribution < 1.29 is 14.0 Å². The molecule has 150 valence electrons. The average Bonchev–Trinajstić information content (AvgIpc) is 3.18. The Balaban J connectivity index is 1.65. The second kappa shape index (κ2) is 8.00. The lowest BCUT2D eigenvalue weighted by atomic mass is 10.1. The van der Waals surface area contributed by atoms with Gasteiger partial charge in [0.1, 0.15) is 11.3 Å². The van der Waals surface area contributed by atoms with Crippen molar-refractivity contribution in [3.63, 3.8) is 0 Å². The summed E-state index contributed by atoms with van der Waals surface area (Å²) >= 11 is 11.4. The predicted octanol–water partition coefficient (Wildman–Crippen LogP) is 4.06. The molecule has 2 amide bonds. The highest BCUT2D eigenvalue weighted by molar-refractivity contribution is 7.80. The summed E-state index contributed by atoms with van der Waals surface area (Å²) in [5, 5.41) is 3.12. The molecule has 0 radical (unpaired) electrons. The van der Waals surface area contributed by atoms with E-state index in [-0.39, 0.29) is 10.7 Å². The zero-order valence-electron chi connectivity index (χ0n) is 15.9. The monoisotopic (exact) mass is 429 g/mol. The van der Waals surface area contributed by atoms with E-state index in [9.17, 15) is 9.59 Å². The largest absolute Gasteiger partial charge is 0.441 e. The number of rotatable bonds is 3. The summed E-state index contributed by atoms with van der Waals surface area (Å²) in [5.74, 6) is 0.129. The number of hydrogen-bond donors (Lipinski definition) is 1. The fourth-order valence-corrected chi connectivity index (χ4v) is 4.00. The molecule has 1 N–H and O–H groups in total. The maximum Gasteiger partial charge on any atom is 0.270 e. The average molecular weight is 430 g/mol. The van der Waals surface area contributed by atoms with Gasteiger partial charge >= 0.3 is 0 Å². The molecule has 8 heteroatoms. The lowest BCUT2D eigenvalue weighted by Crippen LogP contribution is -2.54. The minimum atomic E-state index is -0.549. The van der Waals surface area contributed by atoms with Crippen LogP contribution in [0.1, 0.15) is 30.6 Å². The van der Waals surface area contributed by atoms with Gasteiger partial charge in [0.2, 0.25) is 0 Å². The van der Waals surface area contributed by atoms with Crippen molar-refractivity contribution in [2.24, 2.45) is 0 Å². The number of amides is 2. The highest BCUT2D eigenvalue weighted by Gasteiger charge is 2.35. The fourth-order valence-electron chi connectivity index (χ4n) is 3.56. The first-order chi connectivity index (χ1) is 14.0. The van der Waals surface area contributed by atoms with Crippen molar-refractivity contribution in [2.75, 3.05) is 22.9 Å². The summed E-state index contributed by atoms with van der Waals surface area (Å²) in [7, 11) is 0. The fraction of sp³-hybridized carbons (Fsp3) is 0.286. The van der Waals surface area contributed by atoms with Crippen LogP contribution in [-0.2, 0) is 9.59 Å². The Labute approximate surface area is 179 Å². The van der Waals surface area contributed by atoms with Gasteiger partial charge in [0.25, 0.3) is 11.8 Å². The molecule has 0 unspecified atom stereocenters. The quantitative estimate of drug-likeness (QED) is 0.452. The molecule has 1 aromatic heterocycles. The van der Waals surface area contributed by atoms with Crippen molar-refractivity contribution in [1.29, 1.82) is 0 Å². The third-order valence-corrected chi connectivity index (χ3v) is 5.84. The lowest BCUT2D eigenvalue weighted by Gasteiger charge is -2.30. The maximum atomic E-state index is 13.1. The first-order valence-electron chi connectivity index (χ1n) is 9.47. The molecule has 6 nitrogen and oxygen atoms in total. The van der Waals surface area contributed by atoms with Crippen molar-refractivity contribution in [3.05, 3.63) is 52.3 Å². The zero-order valence-corrected chi connectivity index (χ0v) is 17.5. The van der Waals surface area contributed by atoms with Crippen LogP contribution in [0.4, 0.5) is 11.6 Å². The number of carbonyl (C=O) groups excluding carboxylic acids is 2. The van der Waals surface area contributed by atoms with Crippen molar-refractivity contribution in [3.8, 4) is 0 Å². The van der Waals surface area contributed by atoms with Crippen LogP contribution in [0.5, 0.6) is 0 Å². The van der Waals surface area contributed by atoms with Gasteiger partial charge in [-0.1, -0.05) is 17.7 Å². The first kappa shape index (κ1) is 19.7. The van der Waals surface area contributed by atoms with Crippen molar-refractivity contribution in [2.45, 2.75) is 26.2 Å². The molecule has 1 aromatic carbocycles. The highest BCUT2D eigenvalue weighted by atomic mass is 35.5. The van der Waals surface area contributed by atoms with Crippen LogP contribution in [-0.4, -0.2) is 30.0 Å². The van der Waals surface area contributed by atoms with E-state index in [0.29, 0.717) is 22.0 Å². The summed E-state index contributed by atoms with van der Waals surface area (Å²) in [4.78, 5) is 29.1. The van der Waals surface area contributed by atoms with Crippen LogP contribution in [0.2, 0.25) is 5.02 Å². The number of thiocarbonyl (C=S) groups is 1. The van der Waals surface area contributed by atoms with Gasteiger partial charge in [0.15, 0.2) is 11.0 Å². The predicted molar refractivity (Wildman–Crippen MR) is 117 cm³/mol. The molecule has 0 spiro atoms. The number of furan rings is 1.